The van der Waals surface area contributed by atoms with Crippen LogP contribution in [0.25, 0.3) is 0 Å². The van der Waals surface area contributed by atoms with Gasteiger partial charge in [-0.15, -0.1) is 0 Å². The van der Waals surface area contributed by atoms with Crippen molar-refractivity contribution in [3.63, 3.8) is 0 Å². The molecule has 0 aromatic rings. The van der Waals surface area contributed by atoms with Gasteiger partial charge in [0.1, 0.15) is 11.6 Å². The molecule has 3 fully saturated rings. The molecule has 3 aliphatic rings. The van der Waals surface area contributed by atoms with Gasteiger partial charge in [-0.3, -0.25) is 9.59 Å². The Labute approximate surface area is 267 Å². The van der Waals surface area contributed by atoms with E-state index in [4.69, 9.17) is 19.5 Å². The third kappa shape index (κ3) is 14.3. The molecule has 3 saturated heterocycles. The monoisotopic (exact) mass is 657 g/mol. The number of halogens is 1. The molecule has 6 nitrogen and oxygen atoms in total. The number of nitriles is 1. The molecule has 1 unspecified atom stereocenters. The van der Waals surface area contributed by atoms with Crippen LogP contribution in [0.4, 0.5) is 0 Å². The lowest BCUT2D eigenvalue weighted by Gasteiger charge is -2.45. The van der Waals surface area contributed by atoms with Gasteiger partial charge in [0, 0.05) is 18.3 Å². The molecule has 3 aliphatic heterocycles. The molecule has 3 heterocycles. The molecular formula is C35H64BrNO5. The fraction of sp³-hybridized carbons (Fsp3) is 0.914. The summed E-state index contributed by atoms with van der Waals surface area (Å²) in [6.45, 7) is 28.6. The number of ketones is 2. The van der Waals surface area contributed by atoms with Gasteiger partial charge < -0.3 is 14.2 Å². The summed E-state index contributed by atoms with van der Waals surface area (Å²) in [6, 6.07) is 2.34. The second kappa shape index (κ2) is 15.0. The zero-order chi connectivity index (χ0) is 32.2. The lowest BCUT2D eigenvalue weighted by molar-refractivity contribution is -0.177. The van der Waals surface area contributed by atoms with Crippen molar-refractivity contribution < 1.29 is 23.8 Å². The molecule has 0 N–H and O–H groups in total. The Morgan fingerprint density at radius 3 is 1.24 bits per heavy atom. The lowest BCUT2D eigenvalue weighted by Crippen LogP contribution is -2.48. The summed E-state index contributed by atoms with van der Waals surface area (Å²) in [5.74, 6) is 1.16. The zero-order valence-corrected chi connectivity index (χ0v) is 30.2. The van der Waals surface area contributed by atoms with Crippen molar-refractivity contribution >= 4 is 27.5 Å². The summed E-state index contributed by atoms with van der Waals surface area (Å²) in [7, 11) is 0. The van der Waals surface area contributed by atoms with E-state index in [1.807, 2.05) is 13.8 Å². The Kier molecular flexibility index (Phi) is 14.7. The molecule has 0 radical (unpaired) electrons. The molecule has 7 heteroatoms. The van der Waals surface area contributed by atoms with Gasteiger partial charge in [-0.25, -0.2) is 0 Å². The fourth-order valence-corrected chi connectivity index (χ4v) is 7.78. The first kappa shape index (κ1) is 41.2. The number of Topliss-reactive ketones (excluding diaryl/α,β-unsaturated/α-hetero) is 2. The number of carbonyl (C=O) groups excluding carboxylic acids is 2. The maximum atomic E-state index is 12.0. The highest BCUT2D eigenvalue weighted by molar-refractivity contribution is 9.10. The van der Waals surface area contributed by atoms with Crippen LogP contribution < -0.4 is 0 Å². The summed E-state index contributed by atoms with van der Waals surface area (Å²) in [6.07, 6.45) is 5.74. The zero-order valence-electron chi connectivity index (χ0n) is 28.6. The van der Waals surface area contributed by atoms with Crippen LogP contribution in [-0.4, -0.2) is 50.0 Å². The topological polar surface area (TPSA) is 85.6 Å². The lowest BCUT2D eigenvalue weighted by atomic mass is 9.78. The van der Waals surface area contributed by atoms with Crippen molar-refractivity contribution in [2.75, 3.05) is 0 Å². The van der Waals surface area contributed by atoms with Gasteiger partial charge in [-0.2, -0.15) is 5.26 Å². The van der Waals surface area contributed by atoms with Crippen molar-refractivity contribution in [1.29, 1.82) is 5.26 Å². The van der Waals surface area contributed by atoms with Gasteiger partial charge in [0.25, 0.3) is 0 Å². The first-order chi connectivity index (χ1) is 18.2. The summed E-state index contributed by atoms with van der Waals surface area (Å²) in [5.41, 5.74) is -0.966. The summed E-state index contributed by atoms with van der Waals surface area (Å²) in [5, 5.41) is 8.85. The molecule has 0 bridgehead atoms. The normalized spacial score (nSPS) is 26.4. The van der Waals surface area contributed by atoms with Crippen LogP contribution in [0.15, 0.2) is 0 Å². The van der Waals surface area contributed by atoms with Crippen molar-refractivity contribution in [2.24, 2.45) is 17.8 Å². The molecule has 0 amide bonds. The Morgan fingerprint density at radius 2 is 0.976 bits per heavy atom. The minimum absolute atomic E-state index is 0. The van der Waals surface area contributed by atoms with Crippen LogP contribution in [0.5, 0.6) is 0 Å². The molecule has 0 spiro atoms. The van der Waals surface area contributed by atoms with Crippen molar-refractivity contribution in [3.8, 4) is 6.07 Å². The molecule has 246 valence electrons. The highest BCUT2D eigenvalue weighted by Crippen LogP contribution is 2.41. The maximum absolute atomic E-state index is 12.0. The summed E-state index contributed by atoms with van der Waals surface area (Å²) < 4.78 is 17.7. The van der Waals surface area contributed by atoms with E-state index in [2.05, 4.69) is 105 Å². The molecule has 0 aromatic carbocycles. The smallest absolute Gasteiger partial charge is 0.149 e. The van der Waals surface area contributed by atoms with Crippen molar-refractivity contribution in [1.82, 2.24) is 0 Å². The molecule has 0 saturated carbocycles. The number of ether oxygens (including phenoxy) is 3. The van der Waals surface area contributed by atoms with Crippen molar-refractivity contribution in [3.05, 3.63) is 0 Å². The second-order valence-corrected chi connectivity index (χ2v) is 17.5. The average molecular weight is 659 g/mol. The van der Waals surface area contributed by atoms with Gasteiger partial charge in [-0.1, -0.05) is 30.3 Å². The molecule has 0 aromatic heterocycles. The molecule has 42 heavy (non-hydrogen) atoms. The van der Waals surface area contributed by atoms with Gasteiger partial charge in [0.15, 0.2) is 0 Å². The van der Waals surface area contributed by atoms with E-state index in [-0.39, 0.29) is 63.6 Å². The van der Waals surface area contributed by atoms with Gasteiger partial charge >= 0.3 is 0 Å². The Morgan fingerprint density at radius 1 is 0.690 bits per heavy atom. The van der Waals surface area contributed by atoms with Crippen LogP contribution in [0.1, 0.15) is 149 Å². The molecule has 1 atom stereocenters. The Hall–Kier alpha value is -0.810. The summed E-state index contributed by atoms with van der Waals surface area (Å²) >= 11 is 3.36. The van der Waals surface area contributed by atoms with Gasteiger partial charge in [0.05, 0.1) is 50.4 Å². The number of alkyl halides is 1. The average Bonchev–Trinajstić information content (AvgIpc) is 2.72. The number of hydrogen-bond donors (Lipinski definition) is 0. The number of hydrogen-bond acceptors (Lipinski definition) is 6. The number of carbonyl (C=O) groups is 2. The standard InChI is InChI=1S/C12H21BrO2.C12H22O2.C10H17NO.CH4/c1-8(13)10(14)9-6-11(2,3)15-12(4,5)7-9;1-6-10(13)9-7-11(2,3)14-12(4,5)8-9;1-9(2)5-8(7-11)6-10(3,4)12-9;/h8-9H,6-7H2,1-5H3;9H,6-8H2,1-5H3;8H,5-6H2,1-4H3;1H4. The van der Waals surface area contributed by atoms with E-state index in [0.717, 1.165) is 38.5 Å². The highest BCUT2D eigenvalue weighted by atomic mass is 79.9. The minimum atomic E-state index is -0.191. The number of nitrogens with zero attached hydrogens (tertiary/aromatic N) is 1. The Balaban J connectivity index is 0.000000597. The third-order valence-electron chi connectivity index (χ3n) is 7.87. The second-order valence-electron chi connectivity index (χ2n) is 16.1. The van der Waals surface area contributed by atoms with Gasteiger partial charge in [-0.05, 0) is 129 Å². The van der Waals surface area contributed by atoms with Crippen molar-refractivity contribution in [2.45, 2.75) is 188 Å². The molecular weight excluding hydrogens is 594 g/mol. The SMILES string of the molecule is C.CC(Br)C(=O)C1CC(C)(C)OC(C)(C)C1.CC1(C)CC(C#N)CC(C)(C)O1.CCC(=O)C1CC(C)(C)OC(C)(C)C1. The van der Waals surface area contributed by atoms with Crippen LogP contribution >= 0.6 is 15.9 Å². The van der Waals surface area contributed by atoms with Crippen LogP contribution in [0.2, 0.25) is 0 Å². The van der Waals surface area contributed by atoms with E-state index in [1.54, 1.807) is 0 Å². The van der Waals surface area contributed by atoms with E-state index < -0.39 is 0 Å². The highest BCUT2D eigenvalue weighted by Gasteiger charge is 2.43. The Bertz CT molecular complexity index is 894. The van der Waals surface area contributed by atoms with Crippen LogP contribution in [-0.2, 0) is 23.8 Å². The predicted molar refractivity (Wildman–Crippen MR) is 177 cm³/mol. The quantitative estimate of drug-likeness (QED) is 0.280. The van der Waals surface area contributed by atoms with Crippen LogP contribution in [0, 0.1) is 29.1 Å². The van der Waals surface area contributed by atoms with E-state index in [0.29, 0.717) is 18.0 Å². The van der Waals surface area contributed by atoms with E-state index >= 15 is 0 Å². The van der Waals surface area contributed by atoms with E-state index in [1.165, 1.54) is 0 Å². The fourth-order valence-electron chi connectivity index (χ4n) is 7.40. The molecule has 0 aliphatic carbocycles. The largest absolute Gasteiger partial charge is 0.370 e. The first-order valence-corrected chi connectivity index (χ1v) is 16.4. The van der Waals surface area contributed by atoms with E-state index in [9.17, 15) is 9.59 Å². The first-order valence-electron chi connectivity index (χ1n) is 15.4. The molecule has 3 rings (SSSR count). The third-order valence-corrected chi connectivity index (χ3v) is 8.32. The van der Waals surface area contributed by atoms with Crippen LogP contribution in [0.3, 0.4) is 0 Å². The number of rotatable bonds is 4. The maximum Gasteiger partial charge on any atom is 0.149 e. The van der Waals surface area contributed by atoms with Gasteiger partial charge in [0.2, 0.25) is 0 Å². The predicted octanol–water partition coefficient (Wildman–Crippen LogP) is 9.40. The minimum Gasteiger partial charge on any atom is -0.370 e. The summed E-state index contributed by atoms with van der Waals surface area (Å²) in [4.78, 5) is 23.6.